The first kappa shape index (κ1) is 20.5. The number of para-hydroxylation sites is 1. The molecule has 0 N–H and O–H groups in total. The van der Waals surface area contributed by atoms with E-state index in [1.807, 2.05) is 48.5 Å². The highest BCUT2D eigenvalue weighted by atomic mass is 35.5. The van der Waals surface area contributed by atoms with Crippen LogP contribution < -0.4 is 4.90 Å². The maximum Gasteiger partial charge on any atom is 0.278 e. The predicted octanol–water partition coefficient (Wildman–Crippen LogP) is 6.28. The maximum atomic E-state index is 13.4. The number of amides is 1. The van der Waals surface area contributed by atoms with Gasteiger partial charge in [0.25, 0.3) is 5.91 Å². The first-order valence-electron chi connectivity index (χ1n) is 9.25. The van der Waals surface area contributed by atoms with Gasteiger partial charge in [-0.25, -0.2) is 4.98 Å². The van der Waals surface area contributed by atoms with Gasteiger partial charge in [0.2, 0.25) is 0 Å². The molecule has 0 aliphatic carbocycles. The van der Waals surface area contributed by atoms with Gasteiger partial charge in [-0.2, -0.15) is 0 Å². The van der Waals surface area contributed by atoms with Crippen molar-refractivity contribution in [1.82, 2.24) is 9.97 Å². The second-order valence-corrected chi connectivity index (χ2v) is 8.34. The number of hydrogen-bond acceptors (Lipinski definition) is 4. The van der Waals surface area contributed by atoms with Crippen LogP contribution in [0.1, 0.15) is 26.6 Å². The van der Waals surface area contributed by atoms with Crippen LogP contribution in [0.15, 0.2) is 78.4 Å². The third-order valence-corrected chi connectivity index (χ3v) is 6.12. The van der Waals surface area contributed by atoms with Crippen LogP contribution in [-0.2, 0) is 13.0 Å². The van der Waals surface area contributed by atoms with Crippen molar-refractivity contribution in [2.75, 3.05) is 4.90 Å². The zero-order valence-corrected chi connectivity index (χ0v) is 18.2. The molecule has 0 aliphatic rings. The van der Waals surface area contributed by atoms with Gasteiger partial charge in [-0.3, -0.25) is 9.78 Å². The quantitative estimate of drug-likeness (QED) is 0.344. The van der Waals surface area contributed by atoms with Crippen molar-refractivity contribution in [3.63, 3.8) is 0 Å². The Balaban J connectivity index is 1.61. The number of anilines is 1. The van der Waals surface area contributed by atoms with Crippen LogP contribution >= 0.6 is 34.5 Å². The standard InChI is InChI=1S/C23H17Cl2N3OS/c24-19-7-4-8-20(25)18(19)13-22-27-21(15-30-22)23(29)28(17-5-2-1-3-6-17)14-16-9-11-26-12-10-16/h1-12,15H,13-14H2. The monoisotopic (exact) mass is 453 g/mol. The number of thiazole rings is 1. The molecule has 0 saturated heterocycles. The molecule has 2 heterocycles. The molecule has 0 bridgehead atoms. The van der Waals surface area contributed by atoms with Crippen molar-refractivity contribution in [2.45, 2.75) is 13.0 Å². The van der Waals surface area contributed by atoms with E-state index < -0.39 is 0 Å². The Morgan fingerprint density at radius 3 is 2.33 bits per heavy atom. The van der Waals surface area contributed by atoms with Crippen molar-refractivity contribution in [3.05, 3.63) is 110 Å². The maximum absolute atomic E-state index is 13.4. The van der Waals surface area contributed by atoms with E-state index in [0.29, 0.717) is 28.7 Å². The summed E-state index contributed by atoms with van der Waals surface area (Å²) < 4.78 is 0. The van der Waals surface area contributed by atoms with Crippen LogP contribution in [0.2, 0.25) is 10.0 Å². The van der Waals surface area contributed by atoms with E-state index in [2.05, 4.69) is 9.97 Å². The fraction of sp³-hybridized carbons (Fsp3) is 0.0870. The molecule has 0 unspecified atom stereocenters. The summed E-state index contributed by atoms with van der Waals surface area (Å²) in [5.41, 5.74) is 3.01. The molecule has 0 saturated carbocycles. The molecule has 150 valence electrons. The molecular weight excluding hydrogens is 437 g/mol. The Morgan fingerprint density at radius 1 is 0.933 bits per heavy atom. The number of hydrogen-bond donors (Lipinski definition) is 0. The second-order valence-electron chi connectivity index (χ2n) is 6.59. The summed E-state index contributed by atoms with van der Waals surface area (Å²) in [6, 6.07) is 18.8. The van der Waals surface area contributed by atoms with Crippen LogP contribution in [0.4, 0.5) is 5.69 Å². The molecule has 1 amide bonds. The van der Waals surface area contributed by atoms with E-state index in [0.717, 1.165) is 21.8 Å². The van der Waals surface area contributed by atoms with Gasteiger partial charge in [0.1, 0.15) is 5.69 Å². The molecule has 0 spiro atoms. The number of rotatable bonds is 6. The van der Waals surface area contributed by atoms with Crippen LogP contribution in [0.5, 0.6) is 0 Å². The molecule has 4 nitrogen and oxygen atoms in total. The SMILES string of the molecule is O=C(c1csc(Cc2c(Cl)cccc2Cl)n1)N(Cc1ccncc1)c1ccccc1. The van der Waals surface area contributed by atoms with Gasteiger partial charge in [-0.1, -0.05) is 47.5 Å². The lowest BCUT2D eigenvalue weighted by Gasteiger charge is -2.22. The largest absolute Gasteiger partial charge is 0.303 e. The van der Waals surface area contributed by atoms with Gasteiger partial charge in [-0.15, -0.1) is 11.3 Å². The molecule has 30 heavy (non-hydrogen) atoms. The van der Waals surface area contributed by atoms with E-state index in [1.54, 1.807) is 34.8 Å². The van der Waals surface area contributed by atoms with Gasteiger partial charge < -0.3 is 4.90 Å². The van der Waals surface area contributed by atoms with Gasteiger partial charge in [0.05, 0.1) is 11.6 Å². The fourth-order valence-corrected chi connectivity index (χ4v) is 4.35. The van der Waals surface area contributed by atoms with Gasteiger partial charge in [-0.05, 0) is 47.5 Å². The summed E-state index contributed by atoms with van der Waals surface area (Å²) in [6.07, 6.45) is 3.92. The highest BCUT2D eigenvalue weighted by Gasteiger charge is 2.21. The van der Waals surface area contributed by atoms with Crippen molar-refractivity contribution >= 4 is 46.1 Å². The average molecular weight is 454 g/mol. The molecule has 2 aromatic carbocycles. The highest BCUT2D eigenvalue weighted by Crippen LogP contribution is 2.28. The average Bonchev–Trinajstić information content (AvgIpc) is 3.24. The normalized spacial score (nSPS) is 10.7. The van der Waals surface area contributed by atoms with E-state index in [9.17, 15) is 4.79 Å². The Bertz CT molecular complexity index is 1130. The predicted molar refractivity (Wildman–Crippen MR) is 123 cm³/mol. The Kier molecular flexibility index (Phi) is 6.43. The minimum absolute atomic E-state index is 0.161. The van der Waals surface area contributed by atoms with Crippen molar-refractivity contribution < 1.29 is 4.79 Å². The van der Waals surface area contributed by atoms with Gasteiger partial charge in [0.15, 0.2) is 0 Å². The minimum Gasteiger partial charge on any atom is -0.303 e. The van der Waals surface area contributed by atoms with Crippen LogP contribution in [0.25, 0.3) is 0 Å². The lowest BCUT2D eigenvalue weighted by Crippen LogP contribution is -2.30. The number of pyridine rings is 1. The first-order valence-corrected chi connectivity index (χ1v) is 10.9. The van der Waals surface area contributed by atoms with E-state index in [4.69, 9.17) is 23.2 Å². The summed E-state index contributed by atoms with van der Waals surface area (Å²) in [7, 11) is 0. The summed E-state index contributed by atoms with van der Waals surface area (Å²) in [5, 5.41) is 3.75. The molecule has 0 aliphatic heterocycles. The van der Waals surface area contributed by atoms with E-state index >= 15 is 0 Å². The van der Waals surface area contributed by atoms with Crippen LogP contribution in [-0.4, -0.2) is 15.9 Å². The van der Waals surface area contributed by atoms with Crippen LogP contribution in [0, 0.1) is 0 Å². The molecular formula is C23H17Cl2N3OS. The number of benzene rings is 2. The fourth-order valence-electron chi connectivity index (χ4n) is 3.04. The third kappa shape index (κ3) is 4.70. The molecule has 4 rings (SSSR count). The molecule has 4 aromatic rings. The molecule has 0 fully saturated rings. The molecule has 0 radical (unpaired) electrons. The number of aromatic nitrogens is 2. The van der Waals surface area contributed by atoms with E-state index in [1.165, 1.54) is 11.3 Å². The Labute approximate surface area is 188 Å². The van der Waals surface area contributed by atoms with Gasteiger partial charge >= 0.3 is 0 Å². The topological polar surface area (TPSA) is 46.1 Å². The lowest BCUT2D eigenvalue weighted by molar-refractivity contribution is 0.0981. The van der Waals surface area contributed by atoms with Crippen molar-refractivity contribution in [2.24, 2.45) is 0 Å². The molecule has 7 heteroatoms. The lowest BCUT2D eigenvalue weighted by atomic mass is 10.1. The molecule has 2 aromatic heterocycles. The minimum atomic E-state index is -0.161. The number of halogens is 2. The summed E-state index contributed by atoms with van der Waals surface area (Å²) >= 11 is 14.0. The van der Waals surface area contributed by atoms with Crippen LogP contribution in [0.3, 0.4) is 0 Å². The van der Waals surface area contributed by atoms with Gasteiger partial charge in [0, 0.05) is 39.9 Å². The number of carbonyl (C=O) groups excluding carboxylic acids is 1. The number of nitrogens with zero attached hydrogens (tertiary/aromatic N) is 3. The third-order valence-electron chi connectivity index (χ3n) is 4.56. The first-order chi connectivity index (χ1) is 14.6. The Hall–Kier alpha value is -2.73. The highest BCUT2D eigenvalue weighted by molar-refractivity contribution is 7.09. The zero-order valence-electron chi connectivity index (χ0n) is 15.8. The van der Waals surface area contributed by atoms with Crippen molar-refractivity contribution in [3.8, 4) is 0 Å². The van der Waals surface area contributed by atoms with Crippen molar-refractivity contribution in [1.29, 1.82) is 0 Å². The van der Waals surface area contributed by atoms with E-state index in [-0.39, 0.29) is 5.91 Å². The molecule has 0 atom stereocenters. The summed E-state index contributed by atoms with van der Waals surface area (Å²) in [6.45, 7) is 0.425. The zero-order chi connectivity index (χ0) is 20.9. The number of carbonyl (C=O) groups is 1. The summed E-state index contributed by atoms with van der Waals surface area (Å²) in [5.74, 6) is -0.161. The smallest absolute Gasteiger partial charge is 0.278 e. The summed E-state index contributed by atoms with van der Waals surface area (Å²) in [4.78, 5) is 23.7. The Morgan fingerprint density at radius 2 is 1.63 bits per heavy atom. The second kappa shape index (κ2) is 9.39.